The zero-order valence-corrected chi connectivity index (χ0v) is 28.6. The van der Waals surface area contributed by atoms with E-state index in [2.05, 4.69) is 157 Å². The number of aromatic nitrogens is 4. The minimum absolute atomic E-state index is 0.447. The van der Waals surface area contributed by atoms with Gasteiger partial charge in [0.25, 0.3) is 0 Å². The van der Waals surface area contributed by atoms with E-state index in [1.807, 2.05) is 24.5 Å². The Morgan fingerprint density at radius 1 is 0.377 bits per heavy atom. The number of hydrogen-bond donors (Lipinski definition) is 0. The molecule has 0 fully saturated rings. The Bertz CT molecular complexity index is 2830. The first-order valence-corrected chi connectivity index (χ1v) is 18.0. The minimum atomic E-state index is -0.447. The van der Waals surface area contributed by atoms with Crippen molar-refractivity contribution in [2.24, 2.45) is 0 Å². The minimum Gasteiger partial charge on any atom is -0.264 e. The highest BCUT2D eigenvalue weighted by Gasteiger charge is 2.51. The molecule has 0 radical (unpaired) electrons. The van der Waals surface area contributed by atoms with E-state index in [0.717, 1.165) is 50.1 Å². The van der Waals surface area contributed by atoms with Crippen LogP contribution in [0.1, 0.15) is 22.3 Å². The van der Waals surface area contributed by atoms with Crippen LogP contribution in [0, 0.1) is 0 Å². The van der Waals surface area contributed by atoms with E-state index in [-0.39, 0.29) is 0 Å². The second-order valence-corrected chi connectivity index (χ2v) is 13.8. The Morgan fingerprint density at radius 2 is 0.962 bits per heavy atom. The zero-order valence-electron chi connectivity index (χ0n) is 28.6. The van der Waals surface area contributed by atoms with Gasteiger partial charge in [0.2, 0.25) is 0 Å². The van der Waals surface area contributed by atoms with E-state index in [1.54, 1.807) is 6.20 Å². The molecule has 0 bridgehead atoms. The van der Waals surface area contributed by atoms with E-state index in [4.69, 9.17) is 15.0 Å². The maximum Gasteiger partial charge on any atom is 0.160 e. The first-order chi connectivity index (χ1) is 26.3. The van der Waals surface area contributed by atoms with Crippen molar-refractivity contribution in [3.63, 3.8) is 0 Å². The van der Waals surface area contributed by atoms with Gasteiger partial charge in [-0.2, -0.15) is 0 Å². The van der Waals surface area contributed by atoms with Crippen LogP contribution in [0.25, 0.3) is 78.2 Å². The molecule has 4 nitrogen and oxygen atoms in total. The van der Waals surface area contributed by atoms with Gasteiger partial charge < -0.3 is 0 Å². The van der Waals surface area contributed by atoms with Crippen LogP contribution in [0.3, 0.4) is 0 Å². The van der Waals surface area contributed by atoms with E-state index in [1.165, 1.54) is 44.5 Å². The molecule has 0 amide bonds. The number of pyridine rings is 2. The van der Waals surface area contributed by atoms with Crippen molar-refractivity contribution in [2.75, 3.05) is 0 Å². The topological polar surface area (TPSA) is 51.6 Å². The lowest BCUT2D eigenvalue weighted by Gasteiger charge is -2.30. The Labute approximate surface area is 307 Å². The molecule has 2 aliphatic carbocycles. The molecule has 246 valence electrons. The van der Waals surface area contributed by atoms with Gasteiger partial charge >= 0.3 is 0 Å². The number of rotatable bonds is 4. The normalized spacial score (nSPS) is 13.1. The molecule has 0 aliphatic heterocycles. The average Bonchev–Trinajstić information content (AvgIpc) is 3.71. The summed E-state index contributed by atoms with van der Waals surface area (Å²) < 4.78 is 0. The smallest absolute Gasteiger partial charge is 0.160 e. The van der Waals surface area contributed by atoms with Crippen LogP contribution in [-0.2, 0) is 5.41 Å². The lowest BCUT2D eigenvalue weighted by molar-refractivity contribution is 0.794. The van der Waals surface area contributed by atoms with Crippen molar-refractivity contribution in [3.8, 4) is 67.3 Å². The van der Waals surface area contributed by atoms with Gasteiger partial charge in [0.1, 0.15) is 0 Å². The van der Waals surface area contributed by atoms with Gasteiger partial charge in [0.15, 0.2) is 5.82 Å². The summed E-state index contributed by atoms with van der Waals surface area (Å²) in [5.41, 5.74) is 17.6. The third-order valence-corrected chi connectivity index (χ3v) is 11.1. The number of hydrogen-bond acceptors (Lipinski definition) is 4. The molecular formula is C49H30N4. The third-order valence-electron chi connectivity index (χ3n) is 11.1. The molecule has 0 N–H and O–H groups in total. The third kappa shape index (κ3) is 4.36. The highest BCUT2D eigenvalue weighted by molar-refractivity contribution is 5.96. The average molecular weight is 675 g/mol. The van der Waals surface area contributed by atoms with Gasteiger partial charge in [-0.1, -0.05) is 140 Å². The number of benzene rings is 6. The van der Waals surface area contributed by atoms with Crippen molar-refractivity contribution >= 4 is 10.9 Å². The Morgan fingerprint density at radius 3 is 1.66 bits per heavy atom. The van der Waals surface area contributed by atoms with Crippen molar-refractivity contribution in [2.45, 2.75) is 5.41 Å². The fraction of sp³-hybridized carbons (Fsp3) is 0.0204. The van der Waals surface area contributed by atoms with Crippen LogP contribution in [0.15, 0.2) is 182 Å². The second kappa shape index (κ2) is 11.5. The van der Waals surface area contributed by atoms with Crippen molar-refractivity contribution < 1.29 is 0 Å². The summed E-state index contributed by atoms with van der Waals surface area (Å²) in [4.78, 5) is 19.8. The van der Waals surface area contributed by atoms with Gasteiger partial charge in [-0.05, 0) is 79.9 Å². The van der Waals surface area contributed by atoms with Gasteiger partial charge in [-0.3, -0.25) is 9.97 Å². The number of fused-ring (bicyclic) bond motifs is 11. The fourth-order valence-corrected chi connectivity index (χ4v) is 8.77. The summed E-state index contributed by atoms with van der Waals surface area (Å²) in [5.74, 6) is 0.676. The number of para-hydroxylation sites is 1. The largest absolute Gasteiger partial charge is 0.264 e. The van der Waals surface area contributed by atoms with Crippen molar-refractivity contribution in [1.82, 2.24) is 19.9 Å². The first kappa shape index (κ1) is 29.7. The molecule has 9 aromatic rings. The SMILES string of the molecule is c1cncc(-c2ccc(-c3cc(-c4cccc5cccnc45)nc(-c4ccc5c(c4)C4(c6ccccc6-c6ccccc64)c4ccccc4-5)n3)cc2)c1. The van der Waals surface area contributed by atoms with Crippen LogP contribution in [-0.4, -0.2) is 19.9 Å². The summed E-state index contributed by atoms with van der Waals surface area (Å²) in [7, 11) is 0. The quantitative estimate of drug-likeness (QED) is 0.186. The van der Waals surface area contributed by atoms with Crippen molar-refractivity contribution in [1.29, 1.82) is 0 Å². The summed E-state index contributed by atoms with van der Waals surface area (Å²) in [6, 6.07) is 58.6. The van der Waals surface area contributed by atoms with Gasteiger partial charge in [-0.15, -0.1) is 0 Å². The summed E-state index contributed by atoms with van der Waals surface area (Å²) in [6.45, 7) is 0. The molecule has 3 aromatic heterocycles. The summed E-state index contributed by atoms with van der Waals surface area (Å²) >= 11 is 0. The molecule has 3 heterocycles. The predicted molar refractivity (Wildman–Crippen MR) is 213 cm³/mol. The first-order valence-electron chi connectivity index (χ1n) is 18.0. The maximum absolute atomic E-state index is 5.33. The van der Waals surface area contributed by atoms with Gasteiger partial charge in [0.05, 0.1) is 22.3 Å². The van der Waals surface area contributed by atoms with E-state index in [9.17, 15) is 0 Å². The van der Waals surface area contributed by atoms with Crippen LogP contribution < -0.4 is 0 Å². The monoisotopic (exact) mass is 674 g/mol. The second-order valence-electron chi connectivity index (χ2n) is 13.8. The molecule has 11 rings (SSSR count). The Kier molecular flexibility index (Phi) is 6.43. The zero-order chi connectivity index (χ0) is 34.9. The maximum atomic E-state index is 5.33. The molecule has 0 saturated carbocycles. The van der Waals surface area contributed by atoms with Gasteiger partial charge in [0, 0.05) is 40.7 Å². The highest BCUT2D eigenvalue weighted by Crippen LogP contribution is 2.63. The molecule has 0 atom stereocenters. The Hall–Kier alpha value is -7.04. The summed E-state index contributed by atoms with van der Waals surface area (Å²) in [6.07, 6.45) is 5.54. The van der Waals surface area contributed by atoms with Gasteiger partial charge in [-0.25, -0.2) is 9.97 Å². The predicted octanol–water partition coefficient (Wildman–Crippen LogP) is 11.4. The van der Waals surface area contributed by atoms with Crippen molar-refractivity contribution in [3.05, 3.63) is 205 Å². The number of nitrogens with zero attached hydrogens (tertiary/aromatic N) is 4. The standard InChI is InChI=1S/C49H30N4/c1-4-17-41-36(13-1)37-14-2-5-18-42(37)49(41)43-19-6-3-15-38(43)39-25-24-34(28-44(39)49)48-52-45(32-22-20-31(21-23-32)35-12-8-26-50-30-35)29-46(53-48)40-16-7-10-33-11-9-27-51-47(33)40/h1-30H. The van der Waals surface area contributed by atoms with Crippen LogP contribution in [0.2, 0.25) is 0 Å². The van der Waals surface area contributed by atoms with E-state index >= 15 is 0 Å². The molecule has 0 unspecified atom stereocenters. The molecule has 53 heavy (non-hydrogen) atoms. The van der Waals surface area contributed by atoms with Crippen LogP contribution in [0.4, 0.5) is 0 Å². The molecular weight excluding hydrogens is 645 g/mol. The highest BCUT2D eigenvalue weighted by atomic mass is 14.9. The molecule has 2 aliphatic rings. The van der Waals surface area contributed by atoms with Crippen LogP contribution in [0.5, 0.6) is 0 Å². The lowest BCUT2D eigenvalue weighted by atomic mass is 9.70. The van der Waals surface area contributed by atoms with E-state index < -0.39 is 5.41 Å². The Balaban J connectivity index is 1.14. The van der Waals surface area contributed by atoms with Crippen LogP contribution >= 0.6 is 0 Å². The van der Waals surface area contributed by atoms with E-state index in [0.29, 0.717) is 5.82 Å². The summed E-state index contributed by atoms with van der Waals surface area (Å²) in [5, 5.41) is 1.07. The lowest BCUT2D eigenvalue weighted by Crippen LogP contribution is -2.25. The molecule has 1 spiro atoms. The molecule has 0 saturated heterocycles. The molecule has 6 aromatic carbocycles. The fourth-order valence-electron chi connectivity index (χ4n) is 8.77. The molecule has 4 heteroatoms.